The largest absolute Gasteiger partial charge is 0.385 e. The molecule has 0 atom stereocenters. The zero-order valence-electron chi connectivity index (χ0n) is 14.9. The zero-order chi connectivity index (χ0) is 16.2. The van der Waals surface area contributed by atoms with Gasteiger partial charge in [0.15, 0.2) is 5.96 Å². The van der Waals surface area contributed by atoms with Crippen molar-refractivity contribution >= 4 is 5.96 Å². The third kappa shape index (κ3) is 7.99. The molecule has 1 fully saturated rings. The molecule has 0 unspecified atom stereocenters. The van der Waals surface area contributed by atoms with Crippen LogP contribution < -0.4 is 5.32 Å². The Balaban J connectivity index is 2.18. The minimum absolute atomic E-state index is 0.396. The molecule has 0 saturated carbocycles. The molecule has 1 aliphatic rings. The van der Waals surface area contributed by atoms with E-state index in [4.69, 9.17) is 9.47 Å². The summed E-state index contributed by atoms with van der Waals surface area (Å²) >= 11 is 0. The number of nitrogens with one attached hydrogen (secondary N) is 1. The first-order valence-corrected chi connectivity index (χ1v) is 8.73. The summed E-state index contributed by atoms with van der Waals surface area (Å²) in [6, 6.07) is 0. The second kappa shape index (κ2) is 11.7. The molecule has 0 spiro atoms. The standard InChI is InChI=1S/C17H35N3O2/c1-15(2)7-5-10-19-17(18-3)20-11-8-16(9-12-20)22-14-6-13-21-4/h15-16H,5-14H2,1-4H3,(H,18,19). The van der Waals surface area contributed by atoms with Crippen LogP contribution >= 0.6 is 0 Å². The highest BCUT2D eigenvalue weighted by Gasteiger charge is 2.21. The number of aliphatic imine (C=N–C) groups is 1. The van der Waals surface area contributed by atoms with Gasteiger partial charge in [-0.25, -0.2) is 0 Å². The Morgan fingerprint density at radius 2 is 1.95 bits per heavy atom. The van der Waals surface area contributed by atoms with Crippen LogP contribution in [0.2, 0.25) is 0 Å². The van der Waals surface area contributed by atoms with E-state index < -0.39 is 0 Å². The summed E-state index contributed by atoms with van der Waals surface area (Å²) in [4.78, 5) is 6.77. The van der Waals surface area contributed by atoms with Crippen LogP contribution in [0.5, 0.6) is 0 Å². The predicted octanol–water partition coefficient (Wildman–Crippen LogP) is 2.52. The van der Waals surface area contributed by atoms with Crippen LogP contribution in [0.3, 0.4) is 0 Å². The van der Waals surface area contributed by atoms with Gasteiger partial charge in [0.2, 0.25) is 0 Å². The van der Waals surface area contributed by atoms with Gasteiger partial charge in [-0.2, -0.15) is 0 Å². The molecule has 130 valence electrons. The number of nitrogens with zero attached hydrogens (tertiary/aromatic N) is 2. The van der Waals surface area contributed by atoms with Crippen LogP contribution in [0.25, 0.3) is 0 Å². The van der Waals surface area contributed by atoms with Gasteiger partial charge in [-0.1, -0.05) is 13.8 Å². The van der Waals surface area contributed by atoms with E-state index in [1.807, 2.05) is 7.05 Å². The molecular weight excluding hydrogens is 278 g/mol. The number of methoxy groups -OCH3 is 1. The fourth-order valence-electron chi connectivity index (χ4n) is 2.73. The number of hydrogen-bond donors (Lipinski definition) is 1. The van der Waals surface area contributed by atoms with Gasteiger partial charge in [-0.05, 0) is 38.0 Å². The first-order valence-electron chi connectivity index (χ1n) is 8.73. The van der Waals surface area contributed by atoms with Crippen molar-refractivity contribution in [3.63, 3.8) is 0 Å². The summed E-state index contributed by atoms with van der Waals surface area (Å²) in [6.45, 7) is 9.20. The molecule has 0 bridgehead atoms. The lowest BCUT2D eigenvalue weighted by molar-refractivity contribution is 0.00991. The van der Waals surface area contributed by atoms with Crippen molar-refractivity contribution in [2.45, 2.75) is 52.1 Å². The number of rotatable bonds is 9. The van der Waals surface area contributed by atoms with Crippen molar-refractivity contribution in [2.24, 2.45) is 10.9 Å². The molecule has 0 aliphatic carbocycles. The second-order valence-corrected chi connectivity index (χ2v) is 6.41. The molecule has 0 aromatic heterocycles. The quantitative estimate of drug-likeness (QED) is 0.404. The van der Waals surface area contributed by atoms with Gasteiger partial charge >= 0.3 is 0 Å². The van der Waals surface area contributed by atoms with Crippen LogP contribution in [0.1, 0.15) is 46.0 Å². The highest BCUT2D eigenvalue weighted by atomic mass is 16.5. The van der Waals surface area contributed by atoms with E-state index in [1.165, 1.54) is 12.8 Å². The molecule has 0 amide bonds. The van der Waals surface area contributed by atoms with Crippen LogP contribution in [-0.4, -0.2) is 64.0 Å². The van der Waals surface area contributed by atoms with Crippen molar-refractivity contribution in [3.8, 4) is 0 Å². The van der Waals surface area contributed by atoms with E-state index in [0.29, 0.717) is 6.10 Å². The van der Waals surface area contributed by atoms with E-state index in [2.05, 4.69) is 29.1 Å². The van der Waals surface area contributed by atoms with E-state index in [9.17, 15) is 0 Å². The summed E-state index contributed by atoms with van der Waals surface area (Å²) < 4.78 is 10.9. The Morgan fingerprint density at radius 3 is 2.55 bits per heavy atom. The van der Waals surface area contributed by atoms with E-state index in [1.54, 1.807) is 7.11 Å². The molecule has 22 heavy (non-hydrogen) atoms. The molecule has 5 nitrogen and oxygen atoms in total. The summed E-state index contributed by atoms with van der Waals surface area (Å²) in [7, 11) is 3.61. The predicted molar refractivity (Wildman–Crippen MR) is 92.5 cm³/mol. The minimum Gasteiger partial charge on any atom is -0.385 e. The number of ether oxygens (including phenoxy) is 2. The van der Waals surface area contributed by atoms with Gasteiger partial charge in [0.1, 0.15) is 0 Å². The lowest BCUT2D eigenvalue weighted by Gasteiger charge is -2.34. The average molecular weight is 313 g/mol. The lowest BCUT2D eigenvalue weighted by atomic mass is 10.1. The van der Waals surface area contributed by atoms with Crippen molar-refractivity contribution in [1.82, 2.24) is 10.2 Å². The fourth-order valence-corrected chi connectivity index (χ4v) is 2.73. The molecule has 1 saturated heterocycles. The van der Waals surface area contributed by atoms with Gasteiger partial charge < -0.3 is 19.7 Å². The fraction of sp³-hybridized carbons (Fsp3) is 0.941. The normalized spacial score (nSPS) is 17.3. The van der Waals surface area contributed by atoms with Crippen molar-refractivity contribution in [1.29, 1.82) is 0 Å². The number of hydrogen-bond acceptors (Lipinski definition) is 3. The first-order chi connectivity index (χ1) is 10.7. The molecule has 1 heterocycles. The molecule has 1 rings (SSSR count). The van der Waals surface area contributed by atoms with Gasteiger partial charge in [0.25, 0.3) is 0 Å². The van der Waals surface area contributed by atoms with Crippen LogP contribution in [0, 0.1) is 5.92 Å². The van der Waals surface area contributed by atoms with Gasteiger partial charge in [0, 0.05) is 47.0 Å². The van der Waals surface area contributed by atoms with Crippen molar-refractivity contribution < 1.29 is 9.47 Å². The third-order valence-corrected chi connectivity index (χ3v) is 4.04. The van der Waals surface area contributed by atoms with Gasteiger partial charge in [0.05, 0.1) is 6.10 Å². The molecular formula is C17H35N3O2. The Bertz CT molecular complexity index is 300. The lowest BCUT2D eigenvalue weighted by Crippen LogP contribution is -2.47. The highest BCUT2D eigenvalue weighted by molar-refractivity contribution is 5.79. The number of guanidine groups is 1. The van der Waals surface area contributed by atoms with Crippen LogP contribution in [0.4, 0.5) is 0 Å². The number of piperidine rings is 1. The minimum atomic E-state index is 0.396. The Hall–Kier alpha value is -0.810. The molecule has 0 aromatic carbocycles. The Kier molecular flexibility index (Phi) is 10.2. The van der Waals surface area contributed by atoms with E-state index >= 15 is 0 Å². The molecule has 5 heteroatoms. The molecule has 1 aliphatic heterocycles. The van der Waals surface area contributed by atoms with Crippen LogP contribution in [0.15, 0.2) is 4.99 Å². The van der Waals surface area contributed by atoms with Crippen LogP contribution in [-0.2, 0) is 9.47 Å². The summed E-state index contributed by atoms with van der Waals surface area (Å²) in [6.07, 6.45) is 6.01. The van der Waals surface area contributed by atoms with Gasteiger partial charge in [-0.15, -0.1) is 0 Å². The SMILES string of the molecule is CN=C(NCCCC(C)C)N1CCC(OCCCOC)CC1. The summed E-state index contributed by atoms with van der Waals surface area (Å²) in [5.74, 6) is 1.82. The second-order valence-electron chi connectivity index (χ2n) is 6.41. The van der Waals surface area contributed by atoms with Gasteiger partial charge in [-0.3, -0.25) is 4.99 Å². The maximum Gasteiger partial charge on any atom is 0.193 e. The third-order valence-electron chi connectivity index (χ3n) is 4.04. The molecule has 0 aromatic rings. The maximum atomic E-state index is 5.90. The maximum absolute atomic E-state index is 5.90. The van der Waals surface area contributed by atoms with Crippen molar-refractivity contribution in [2.75, 3.05) is 47.0 Å². The zero-order valence-corrected chi connectivity index (χ0v) is 14.9. The molecule has 0 radical (unpaired) electrons. The summed E-state index contributed by atoms with van der Waals surface area (Å²) in [5, 5.41) is 3.49. The van der Waals surface area contributed by atoms with Crippen molar-refractivity contribution in [3.05, 3.63) is 0 Å². The Labute approximate surface area is 136 Å². The first kappa shape index (κ1) is 19.2. The molecule has 1 N–H and O–H groups in total. The topological polar surface area (TPSA) is 46.1 Å². The summed E-state index contributed by atoms with van der Waals surface area (Å²) in [5.41, 5.74) is 0. The van der Waals surface area contributed by atoms with E-state index in [0.717, 1.165) is 64.0 Å². The van der Waals surface area contributed by atoms with E-state index in [-0.39, 0.29) is 0 Å². The smallest absolute Gasteiger partial charge is 0.193 e. The monoisotopic (exact) mass is 313 g/mol. The highest BCUT2D eigenvalue weighted by Crippen LogP contribution is 2.14. The Morgan fingerprint density at radius 1 is 1.23 bits per heavy atom. The number of likely N-dealkylation sites (tertiary alicyclic amines) is 1. The average Bonchev–Trinajstić information content (AvgIpc) is 2.52.